The lowest BCUT2D eigenvalue weighted by Crippen LogP contribution is -2.49. The van der Waals surface area contributed by atoms with E-state index in [1.807, 2.05) is 27.7 Å². The smallest absolute Gasteiger partial charge is 0.326 e. The number of carbonyl (C=O) groups excluding carboxylic acids is 1. The lowest BCUT2D eigenvalue weighted by Gasteiger charge is -2.28. The lowest BCUT2D eigenvalue weighted by atomic mass is 10.1. The maximum Gasteiger partial charge on any atom is 0.326 e. The molecule has 0 radical (unpaired) electrons. The molecule has 0 aromatic rings. The average Bonchev–Trinajstić information content (AvgIpc) is 2.22. The summed E-state index contributed by atoms with van der Waals surface area (Å²) in [6, 6.07) is -1.09. The summed E-state index contributed by atoms with van der Waals surface area (Å²) in [5.74, 6) is -0.265. The quantitative estimate of drug-likeness (QED) is 0.735. The molecule has 5 nitrogen and oxygen atoms in total. The average molecular weight is 258 g/mol. The van der Waals surface area contributed by atoms with Crippen molar-refractivity contribution < 1.29 is 14.7 Å². The summed E-state index contributed by atoms with van der Waals surface area (Å²) in [5.41, 5.74) is 0. The number of amides is 2. The highest BCUT2D eigenvalue weighted by Crippen LogP contribution is 2.05. The van der Waals surface area contributed by atoms with Crippen molar-refractivity contribution in [2.45, 2.75) is 47.1 Å². The van der Waals surface area contributed by atoms with Crippen LogP contribution in [0.3, 0.4) is 0 Å². The molecule has 0 rings (SSSR count). The molecule has 1 atom stereocenters. The van der Waals surface area contributed by atoms with E-state index >= 15 is 0 Å². The van der Waals surface area contributed by atoms with Crippen molar-refractivity contribution in [1.82, 2.24) is 10.2 Å². The van der Waals surface area contributed by atoms with Crippen LogP contribution in [0.4, 0.5) is 4.79 Å². The Labute approximate surface area is 110 Å². The largest absolute Gasteiger partial charge is 0.480 e. The Hall–Kier alpha value is -1.26. The van der Waals surface area contributed by atoms with Crippen LogP contribution in [-0.4, -0.2) is 41.1 Å². The summed E-state index contributed by atoms with van der Waals surface area (Å²) < 4.78 is 0. The van der Waals surface area contributed by atoms with Crippen LogP contribution in [0.15, 0.2) is 0 Å². The van der Waals surface area contributed by atoms with Gasteiger partial charge in [0, 0.05) is 13.1 Å². The summed E-state index contributed by atoms with van der Waals surface area (Å²) in [6.07, 6.45) is 0.387. The number of hydrogen-bond acceptors (Lipinski definition) is 2. The van der Waals surface area contributed by atoms with E-state index in [2.05, 4.69) is 5.32 Å². The number of carboxylic acid groups (broad SMARTS) is 1. The van der Waals surface area contributed by atoms with Crippen LogP contribution in [0.1, 0.15) is 41.0 Å². The molecule has 0 aliphatic rings. The van der Waals surface area contributed by atoms with Gasteiger partial charge in [-0.15, -0.1) is 0 Å². The Morgan fingerprint density at radius 2 is 1.56 bits per heavy atom. The Balaban J connectivity index is 4.58. The van der Waals surface area contributed by atoms with E-state index < -0.39 is 12.0 Å². The molecular formula is C13H26N2O3. The summed E-state index contributed by atoms with van der Waals surface area (Å²) in [7, 11) is 0. The van der Waals surface area contributed by atoms with Crippen molar-refractivity contribution >= 4 is 12.0 Å². The van der Waals surface area contributed by atoms with Crippen molar-refractivity contribution in [3.8, 4) is 0 Å². The van der Waals surface area contributed by atoms with Crippen LogP contribution < -0.4 is 5.32 Å². The van der Waals surface area contributed by atoms with Crippen LogP contribution in [-0.2, 0) is 4.79 Å². The number of aliphatic carboxylic acids is 1. The van der Waals surface area contributed by atoms with E-state index in [4.69, 9.17) is 5.11 Å². The third-order valence-electron chi connectivity index (χ3n) is 2.46. The maximum absolute atomic E-state index is 12.0. The molecule has 5 heteroatoms. The first-order valence-corrected chi connectivity index (χ1v) is 6.56. The Bertz CT molecular complexity index is 267. The zero-order valence-corrected chi connectivity index (χ0v) is 12.1. The number of nitrogens with one attached hydrogen (secondary N) is 1. The summed E-state index contributed by atoms with van der Waals surface area (Å²) in [6.45, 7) is 11.2. The van der Waals surface area contributed by atoms with Gasteiger partial charge in [-0.05, 0) is 18.3 Å². The van der Waals surface area contributed by atoms with Gasteiger partial charge in [0.2, 0.25) is 0 Å². The second kappa shape index (κ2) is 7.95. The van der Waals surface area contributed by atoms with Gasteiger partial charge in [-0.1, -0.05) is 34.6 Å². The number of carbonyl (C=O) groups is 2. The highest BCUT2D eigenvalue weighted by Gasteiger charge is 2.22. The van der Waals surface area contributed by atoms with Crippen molar-refractivity contribution in [2.75, 3.05) is 13.1 Å². The second-order valence-corrected chi connectivity index (χ2v) is 5.44. The van der Waals surface area contributed by atoms with Gasteiger partial charge in [0.05, 0.1) is 0 Å². The van der Waals surface area contributed by atoms with Gasteiger partial charge < -0.3 is 15.3 Å². The fourth-order valence-corrected chi connectivity index (χ4v) is 1.70. The van der Waals surface area contributed by atoms with Gasteiger partial charge in [0.25, 0.3) is 0 Å². The molecule has 2 N–H and O–H groups in total. The highest BCUT2D eigenvalue weighted by atomic mass is 16.4. The summed E-state index contributed by atoms with van der Waals surface area (Å²) >= 11 is 0. The van der Waals surface area contributed by atoms with E-state index in [-0.39, 0.29) is 6.03 Å². The molecule has 0 aliphatic heterocycles. The molecule has 0 spiro atoms. The minimum absolute atomic E-state index is 0.286. The number of urea groups is 1. The molecule has 2 amide bonds. The minimum atomic E-state index is -0.986. The normalized spacial score (nSPS) is 12.6. The fourth-order valence-electron chi connectivity index (χ4n) is 1.70. The van der Waals surface area contributed by atoms with Gasteiger partial charge in [0.1, 0.15) is 6.04 Å². The Morgan fingerprint density at radius 1 is 1.11 bits per heavy atom. The van der Waals surface area contributed by atoms with Crippen molar-refractivity contribution in [2.24, 2.45) is 11.8 Å². The minimum Gasteiger partial charge on any atom is -0.480 e. The van der Waals surface area contributed by atoms with Gasteiger partial charge in [-0.25, -0.2) is 9.59 Å². The Morgan fingerprint density at radius 3 is 1.83 bits per heavy atom. The number of nitrogens with zero attached hydrogens (tertiary/aromatic N) is 1. The first-order valence-electron chi connectivity index (χ1n) is 6.56. The van der Waals surface area contributed by atoms with Gasteiger partial charge in [-0.2, -0.15) is 0 Å². The molecule has 0 aromatic carbocycles. The number of rotatable bonds is 7. The third kappa shape index (κ3) is 6.47. The topological polar surface area (TPSA) is 69.6 Å². The summed E-state index contributed by atoms with van der Waals surface area (Å²) in [5, 5.41) is 11.5. The van der Waals surface area contributed by atoms with Crippen LogP contribution in [0.2, 0.25) is 0 Å². The van der Waals surface area contributed by atoms with Gasteiger partial charge in [0.15, 0.2) is 0 Å². The van der Waals surface area contributed by atoms with Crippen molar-refractivity contribution in [1.29, 1.82) is 0 Å². The van der Waals surface area contributed by atoms with E-state index in [1.165, 1.54) is 0 Å². The van der Waals surface area contributed by atoms with E-state index in [1.54, 1.807) is 11.8 Å². The fraction of sp³-hybridized carbons (Fsp3) is 0.846. The van der Waals surface area contributed by atoms with Crippen LogP contribution in [0.5, 0.6) is 0 Å². The standard InChI is InChI=1S/C13H26N2O3/c1-6-11(12(16)17)14-13(18)15(7-9(2)3)8-10(4)5/h9-11H,6-8H2,1-5H3,(H,14,18)(H,16,17)/t11-/m1/s1. The lowest BCUT2D eigenvalue weighted by molar-refractivity contribution is -0.139. The van der Waals surface area contributed by atoms with E-state index in [9.17, 15) is 9.59 Å². The monoisotopic (exact) mass is 258 g/mol. The molecule has 0 heterocycles. The molecule has 0 bridgehead atoms. The molecule has 0 saturated carbocycles. The van der Waals surface area contributed by atoms with Crippen molar-refractivity contribution in [3.05, 3.63) is 0 Å². The third-order valence-corrected chi connectivity index (χ3v) is 2.46. The SMILES string of the molecule is CC[C@@H](NC(=O)N(CC(C)C)CC(C)C)C(=O)O. The van der Waals surface area contributed by atoms with E-state index in [0.29, 0.717) is 31.3 Å². The van der Waals surface area contributed by atoms with E-state index in [0.717, 1.165) is 0 Å². The molecule has 0 aromatic heterocycles. The molecule has 18 heavy (non-hydrogen) atoms. The maximum atomic E-state index is 12.0. The number of carboxylic acids is 1. The van der Waals surface area contributed by atoms with Crippen molar-refractivity contribution in [3.63, 3.8) is 0 Å². The molecule has 0 unspecified atom stereocenters. The first kappa shape index (κ1) is 16.7. The molecule has 106 valence electrons. The molecule has 0 saturated heterocycles. The zero-order chi connectivity index (χ0) is 14.3. The van der Waals surface area contributed by atoms with Crippen LogP contribution >= 0.6 is 0 Å². The van der Waals surface area contributed by atoms with Crippen LogP contribution in [0.25, 0.3) is 0 Å². The molecule has 0 aliphatic carbocycles. The van der Waals surface area contributed by atoms with Gasteiger partial charge in [-0.3, -0.25) is 0 Å². The zero-order valence-electron chi connectivity index (χ0n) is 12.1. The predicted molar refractivity (Wildman–Crippen MR) is 71.5 cm³/mol. The molecule has 0 fully saturated rings. The molecular weight excluding hydrogens is 232 g/mol. The summed E-state index contributed by atoms with van der Waals surface area (Å²) in [4.78, 5) is 24.6. The number of hydrogen-bond donors (Lipinski definition) is 2. The first-order chi connectivity index (χ1) is 8.27. The Kier molecular flexibility index (Phi) is 7.39. The van der Waals surface area contributed by atoms with Gasteiger partial charge >= 0.3 is 12.0 Å². The van der Waals surface area contributed by atoms with Crippen LogP contribution in [0, 0.1) is 11.8 Å². The second-order valence-electron chi connectivity index (χ2n) is 5.44. The predicted octanol–water partition coefficient (Wildman–Crippen LogP) is 2.17. The highest BCUT2D eigenvalue weighted by molar-refractivity contribution is 5.82.